The Morgan fingerprint density at radius 3 is 1.17 bits per heavy atom. The van der Waals surface area contributed by atoms with Gasteiger partial charge in [0.2, 0.25) is 17.5 Å². The van der Waals surface area contributed by atoms with Crippen LogP contribution in [0.3, 0.4) is 0 Å². The number of alkyl halides is 3. The van der Waals surface area contributed by atoms with Crippen molar-refractivity contribution < 1.29 is 90.6 Å². The van der Waals surface area contributed by atoms with E-state index in [2.05, 4.69) is 35.2 Å². The molecule has 3 amide bonds. The van der Waals surface area contributed by atoms with Gasteiger partial charge < -0.3 is 48.2 Å². The summed E-state index contributed by atoms with van der Waals surface area (Å²) < 4.78 is 72.2. The van der Waals surface area contributed by atoms with Gasteiger partial charge >= 0.3 is 47.8 Å². The van der Waals surface area contributed by atoms with Crippen LogP contribution in [0.25, 0.3) is 22.8 Å². The number of carbonyl (C=O) groups is 3. The molecule has 0 spiro atoms. The molecule has 0 bridgehead atoms. The number of hydrogen-bond acceptors (Lipinski definition) is 18. The standard InChI is InChI=1S/C19H24ClFN4O3.C18H22ClFN4O4.C16H19ClFN3O2.CH3O.Na/c1-5-14-23-16(24-28-14)12-10-13(20)15(22-11-12)19(21)6-8-25(9-7-19)17(26)27-18(2,3)4;1-17(2,3)27-16(26)24-6-4-18(20,5-7-24)14-12(19)8-11(9-21-14)15-22-13(10-25)28-23-15;1-15(2,3)23-14(22)21-6-4-16(18,5-7-21)13-12(17)8-11(9-19)10-20-13;1-2;/h10-11H,5-9H2,1-4H3;8-9,25H,4-7,10H2,1-3H3;8,10H,4-7H2,1-3H3;1H3;/q;;;-1;+1. The maximum absolute atomic E-state index is 15.6. The predicted octanol–water partition coefficient (Wildman–Crippen LogP) is 7.80. The van der Waals surface area contributed by atoms with E-state index in [0.717, 1.165) is 7.11 Å². The Balaban J connectivity index is 0.000000260. The number of aliphatic hydroxyl groups excluding tert-OH is 1. The first-order valence-corrected chi connectivity index (χ1v) is 27.1. The number of aliphatic hydroxyl groups is 1. The van der Waals surface area contributed by atoms with Crippen LogP contribution in [0.1, 0.15) is 142 Å². The van der Waals surface area contributed by atoms with Gasteiger partial charge in [0.05, 0.1) is 37.7 Å². The van der Waals surface area contributed by atoms with E-state index in [0.29, 0.717) is 29.3 Å². The van der Waals surface area contributed by atoms with Crippen LogP contribution in [0, 0.1) is 11.3 Å². The second kappa shape index (κ2) is 28.9. The van der Waals surface area contributed by atoms with Gasteiger partial charge in [-0.2, -0.15) is 22.3 Å². The summed E-state index contributed by atoms with van der Waals surface area (Å²) in [5.74, 6) is 1.14. The Kier molecular flexibility index (Phi) is 24.4. The fourth-order valence-electron chi connectivity index (χ4n) is 8.38. The molecule has 5 aromatic rings. The van der Waals surface area contributed by atoms with Crippen molar-refractivity contribution in [3.05, 3.63) is 86.3 Å². The largest absolute Gasteiger partial charge is 1.00 e. The van der Waals surface area contributed by atoms with E-state index in [1.165, 1.54) is 45.4 Å². The van der Waals surface area contributed by atoms with Gasteiger partial charge in [-0.3, -0.25) is 15.0 Å². The fraction of sp³-hybridized carbons (Fsp3) is 0.574. The summed E-state index contributed by atoms with van der Waals surface area (Å²) in [5.41, 5.74) is -5.23. The van der Waals surface area contributed by atoms with Crippen molar-refractivity contribution in [1.82, 2.24) is 49.9 Å². The first kappa shape index (κ1) is 69.1. The van der Waals surface area contributed by atoms with E-state index in [-0.39, 0.29) is 163 Å². The molecule has 8 heterocycles. The van der Waals surface area contributed by atoms with Gasteiger partial charge in [-0.05, 0) is 80.5 Å². The van der Waals surface area contributed by atoms with Crippen LogP contribution in [0.5, 0.6) is 0 Å². The van der Waals surface area contributed by atoms with Crippen LogP contribution in [-0.4, -0.2) is 137 Å². The first-order chi connectivity index (χ1) is 37.9. The molecule has 3 fully saturated rings. The van der Waals surface area contributed by atoms with Gasteiger partial charge in [-0.15, -0.1) is 0 Å². The summed E-state index contributed by atoms with van der Waals surface area (Å²) in [6, 6.07) is 6.43. The molecule has 28 heteroatoms. The van der Waals surface area contributed by atoms with E-state index in [9.17, 15) is 14.4 Å². The fourth-order valence-corrected chi connectivity index (χ4v) is 9.39. The minimum absolute atomic E-state index is 0. The summed E-state index contributed by atoms with van der Waals surface area (Å²) in [6.45, 7) is 19.0. The second-order valence-corrected chi connectivity index (χ2v) is 23.3. The molecular weight excluding hydrogens is 1150 g/mol. The molecule has 0 aromatic carbocycles. The molecule has 5 aromatic heterocycles. The maximum atomic E-state index is 15.6. The van der Waals surface area contributed by atoms with Gasteiger partial charge in [0, 0.05) is 114 Å². The molecule has 1 N–H and O–H groups in total. The molecule has 3 aliphatic rings. The zero-order valence-electron chi connectivity index (χ0n) is 48.2. The van der Waals surface area contributed by atoms with Gasteiger partial charge in [0.25, 0.3) is 5.89 Å². The molecule has 0 unspecified atom stereocenters. The van der Waals surface area contributed by atoms with Gasteiger partial charge in [0.15, 0.2) is 17.0 Å². The second-order valence-electron chi connectivity index (χ2n) is 22.1. The Bertz CT molecular complexity index is 2860. The number of halogens is 6. The van der Waals surface area contributed by atoms with Crippen molar-refractivity contribution in [1.29, 1.82) is 5.26 Å². The smallest absolute Gasteiger partial charge is 0.857 e. The first-order valence-electron chi connectivity index (χ1n) is 25.9. The topological polar surface area (TPSA) is 272 Å². The number of carbonyl (C=O) groups excluding carboxylic acids is 3. The molecule has 82 heavy (non-hydrogen) atoms. The number of aryl methyl sites for hydroxylation is 1. The Morgan fingerprint density at radius 2 is 0.915 bits per heavy atom. The van der Waals surface area contributed by atoms with Crippen molar-refractivity contribution in [3.63, 3.8) is 0 Å². The predicted molar refractivity (Wildman–Crippen MR) is 290 cm³/mol. The molecule has 0 aliphatic carbocycles. The molecule has 0 saturated carbocycles. The maximum Gasteiger partial charge on any atom is 1.00 e. The molecule has 0 radical (unpaired) electrons. The third-order valence-corrected chi connectivity index (χ3v) is 13.3. The Labute approximate surface area is 511 Å². The van der Waals surface area contributed by atoms with Gasteiger partial charge in [-0.25, -0.2) is 27.6 Å². The number of rotatable bonds is 7. The zero-order chi connectivity index (χ0) is 60.3. The van der Waals surface area contributed by atoms with E-state index >= 15 is 13.2 Å². The third kappa shape index (κ3) is 18.8. The number of ether oxygens (including phenoxy) is 3. The number of hydrogen-bond donors (Lipinski definition) is 1. The summed E-state index contributed by atoms with van der Waals surface area (Å²) >= 11 is 18.7. The molecule has 21 nitrogen and oxygen atoms in total. The normalized spacial score (nSPS) is 16.5. The average Bonchev–Trinajstić information content (AvgIpc) is 4.15. The van der Waals surface area contributed by atoms with E-state index in [1.54, 1.807) is 68.4 Å². The molecule has 442 valence electrons. The number of amides is 3. The number of piperidine rings is 3. The van der Waals surface area contributed by atoms with Crippen LogP contribution < -0.4 is 34.7 Å². The minimum Gasteiger partial charge on any atom is -0.857 e. The molecule has 8 rings (SSSR count). The average molecular weight is 1220 g/mol. The van der Waals surface area contributed by atoms with Crippen molar-refractivity contribution in [2.75, 3.05) is 46.4 Å². The molecular formula is C54H68Cl3F3N11NaO10. The van der Waals surface area contributed by atoms with Crippen molar-refractivity contribution >= 4 is 53.1 Å². The Hall–Kier alpha value is -5.39. The van der Waals surface area contributed by atoms with E-state index in [1.807, 2.05) is 13.0 Å². The third-order valence-electron chi connectivity index (χ3n) is 12.4. The summed E-state index contributed by atoms with van der Waals surface area (Å²) in [6.07, 6.45) is 3.99. The van der Waals surface area contributed by atoms with Crippen LogP contribution in [0.4, 0.5) is 27.6 Å². The summed E-state index contributed by atoms with van der Waals surface area (Å²) in [4.78, 5) is 61.5. The van der Waals surface area contributed by atoms with Crippen LogP contribution >= 0.6 is 34.8 Å². The van der Waals surface area contributed by atoms with Crippen LogP contribution in [0.2, 0.25) is 15.1 Å². The number of nitriles is 1. The monoisotopic (exact) mass is 1220 g/mol. The number of nitrogens with zero attached hydrogens (tertiary/aromatic N) is 11. The van der Waals surface area contributed by atoms with Crippen molar-refractivity contribution in [3.8, 4) is 28.8 Å². The quantitative estimate of drug-likeness (QED) is 0.120. The molecule has 3 saturated heterocycles. The molecule has 0 atom stereocenters. The number of aromatic nitrogens is 7. The van der Waals surface area contributed by atoms with Crippen LogP contribution in [0.15, 0.2) is 45.8 Å². The minimum atomic E-state index is -1.75. The van der Waals surface area contributed by atoms with E-state index < -0.39 is 52.1 Å². The van der Waals surface area contributed by atoms with Gasteiger partial charge in [-0.1, -0.05) is 52.0 Å². The number of pyridine rings is 3. The Morgan fingerprint density at radius 1 is 0.610 bits per heavy atom. The number of likely N-dealkylation sites (tertiary alicyclic amines) is 3. The summed E-state index contributed by atoms with van der Waals surface area (Å²) in [7, 11) is 0.750. The van der Waals surface area contributed by atoms with Crippen LogP contribution in [-0.2, 0) is 44.2 Å². The molecule has 3 aliphatic heterocycles. The SMILES string of the molecule is CC(C)(C)OC(=O)N1CCC(F)(c2ncc(-c3noc(CO)n3)cc2Cl)CC1.CC(C)(C)OC(=O)N1CCC(F)(c2ncc(C#N)cc2Cl)CC1.CCc1nc(-c2cnc(C3(F)CCN(C(=O)OC(C)(C)C)CC3)c(Cl)c2)no1.C[O-].[Na+]. The zero-order valence-corrected chi connectivity index (χ0v) is 52.4. The van der Waals surface area contributed by atoms with E-state index in [4.69, 9.17) is 73.5 Å². The van der Waals surface area contributed by atoms with Crippen molar-refractivity contribution in [2.45, 2.75) is 155 Å². The van der Waals surface area contributed by atoms with Crippen molar-refractivity contribution in [2.24, 2.45) is 0 Å². The van der Waals surface area contributed by atoms with Gasteiger partial charge in [0.1, 0.15) is 29.5 Å². The summed E-state index contributed by atoms with van der Waals surface area (Å²) in [5, 5.41) is 34.1.